The highest BCUT2D eigenvalue weighted by Gasteiger charge is 2.21. The number of carboxylic acids is 1. The lowest BCUT2D eigenvalue weighted by atomic mass is 10.1. The summed E-state index contributed by atoms with van der Waals surface area (Å²) in [7, 11) is 0. The molecule has 2 N–H and O–H groups in total. The van der Waals surface area contributed by atoms with Crippen LogP contribution in [0.2, 0.25) is 0 Å². The Morgan fingerprint density at radius 1 is 1.53 bits per heavy atom. The van der Waals surface area contributed by atoms with Gasteiger partial charge in [-0.05, 0) is 30.5 Å². The normalized spacial score (nSPS) is 12.4. The smallest absolute Gasteiger partial charge is 0.337 e. The highest BCUT2D eigenvalue weighted by Crippen LogP contribution is 2.20. The second kappa shape index (κ2) is 6.32. The Bertz CT molecular complexity index is 392. The Kier molecular flexibility index (Phi) is 5.06. The van der Waals surface area contributed by atoms with Gasteiger partial charge in [-0.1, -0.05) is 12.1 Å². The van der Waals surface area contributed by atoms with Gasteiger partial charge in [-0.3, -0.25) is 0 Å². The van der Waals surface area contributed by atoms with E-state index in [-0.39, 0.29) is 18.8 Å². The number of rotatable bonds is 6. The lowest BCUT2D eigenvalue weighted by molar-refractivity contribution is -0.151. The van der Waals surface area contributed by atoms with Crippen LogP contribution in [0.5, 0.6) is 0 Å². The summed E-state index contributed by atoms with van der Waals surface area (Å²) in [6.07, 6.45) is -0.852. The predicted octanol–water partition coefficient (Wildman–Crippen LogP) is 1.66. The van der Waals surface area contributed by atoms with Gasteiger partial charge in [0.25, 0.3) is 0 Å². The molecule has 1 rings (SSSR count). The number of aryl methyl sites for hydroxylation is 1. The topological polar surface area (TPSA) is 66.8 Å². The van der Waals surface area contributed by atoms with E-state index in [1.165, 1.54) is 12.1 Å². The summed E-state index contributed by atoms with van der Waals surface area (Å²) in [6, 6.07) is 4.19. The number of hydrogen-bond donors (Lipinski definition) is 2. The summed E-state index contributed by atoms with van der Waals surface area (Å²) in [6.45, 7) is 1.64. The zero-order chi connectivity index (χ0) is 12.8. The molecule has 94 valence electrons. The van der Waals surface area contributed by atoms with Gasteiger partial charge in [-0.15, -0.1) is 0 Å². The van der Waals surface area contributed by atoms with Crippen LogP contribution in [-0.2, 0) is 9.53 Å². The minimum absolute atomic E-state index is 0.0748. The first-order valence-corrected chi connectivity index (χ1v) is 5.27. The van der Waals surface area contributed by atoms with Crippen LogP contribution in [0.3, 0.4) is 0 Å². The van der Waals surface area contributed by atoms with E-state index in [1.807, 2.05) is 0 Å². The van der Waals surface area contributed by atoms with Gasteiger partial charge in [0.2, 0.25) is 0 Å². The highest BCUT2D eigenvalue weighted by molar-refractivity contribution is 5.74. The fourth-order valence-electron chi connectivity index (χ4n) is 1.35. The zero-order valence-electron chi connectivity index (χ0n) is 9.52. The number of hydrogen-bond acceptors (Lipinski definition) is 3. The molecule has 0 amide bonds. The average molecular weight is 242 g/mol. The van der Waals surface area contributed by atoms with Crippen LogP contribution in [0.1, 0.15) is 23.7 Å². The molecule has 17 heavy (non-hydrogen) atoms. The summed E-state index contributed by atoms with van der Waals surface area (Å²) in [4.78, 5) is 11.0. The number of carbonyl (C=O) groups is 1. The Morgan fingerprint density at radius 2 is 2.24 bits per heavy atom. The molecule has 0 fully saturated rings. The molecule has 0 aromatic heterocycles. The molecule has 5 heteroatoms. The number of ether oxygens (including phenoxy) is 1. The van der Waals surface area contributed by atoms with Crippen molar-refractivity contribution in [2.45, 2.75) is 19.4 Å². The number of aliphatic hydroxyl groups is 1. The minimum Gasteiger partial charge on any atom is -0.479 e. The van der Waals surface area contributed by atoms with Crippen LogP contribution in [-0.4, -0.2) is 29.4 Å². The van der Waals surface area contributed by atoms with Crippen molar-refractivity contribution in [1.82, 2.24) is 0 Å². The van der Waals surface area contributed by atoms with Gasteiger partial charge in [-0.25, -0.2) is 9.18 Å². The van der Waals surface area contributed by atoms with Gasteiger partial charge in [0.05, 0.1) is 6.61 Å². The van der Waals surface area contributed by atoms with Crippen LogP contribution in [0.15, 0.2) is 18.2 Å². The fourth-order valence-corrected chi connectivity index (χ4v) is 1.35. The van der Waals surface area contributed by atoms with Gasteiger partial charge in [0, 0.05) is 6.61 Å². The van der Waals surface area contributed by atoms with Gasteiger partial charge >= 0.3 is 5.97 Å². The second-order valence-corrected chi connectivity index (χ2v) is 3.67. The lowest BCUT2D eigenvalue weighted by Crippen LogP contribution is -2.16. The largest absolute Gasteiger partial charge is 0.479 e. The summed E-state index contributed by atoms with van der Waals surface area (Å²) < 4.78 is 18.4. The van der Waals surface area contributed by atoms with Crippen LogP contribution >= 0.6 is 0 Å². The monoisotopic (exact) mass is 242 g/mol. The molecule has 0 radical (unpaired) electrons. The number of carboxylic acid groups (broad SMARTS) is 1. The van der Waals surface area contributed by atoms with Crippen LogP contribution in [0.25, 0.3) is 0 Å². The van der Waals surface area contributed by atoms with E-state index < -0.39 is 17.9 Å². The number of aliphatic carboxylic acids is 1. The standard InChI is InChI=1S/C12H15FO4/c1-8-3-4-9(7-10(8)13)11(12(15)16)17-6-2-5-14/h3-4,7,11,14H,2,5-6H2,1H3,(H,15,16). The molecule has 1 aromatic carbocycles. The Balaban J connectivity index is 2.82. The van der Waals surface area contributed by atoms with Gasteiger partial charge in [0.1, 0.15) is 5.82 Å². The Hall–Kier alpha value is -1.46. The molecule has 1 unspecified atom stereocenters. The van der Waals surface area contributed by atoms with Crippen molar-refractivity contribution in [2.75, 3.05) is 13.2 Å². The third kappa shape index (κ3) is 3.80. The van der Waals surface area contributed by atoms with E-state index in [0.29, 0.717) is 12.0 Å². The molecule has 0 saturated carbocycles. The van der Waals surface area contributed by atoms with Crippen molar-refractivity contribution < 1.29 is 24.1 Å². The highest BCUT2D eigenvalue weighted by atomic mass is 19.1. The third-order valence-corrected chi connectivity index (χ3v) is 2.31. The molecule has 0 aliphatic carbocycles. The van der Waals surface area contributed by atoms with Gasteiger partial charge < -0.3 is 14.9 Å². The van der Waals surface area contributed by atoms with E-state index in [9.17, 15) is 9.18 Å². The average Bonchev–Trinajstić information content (AvgIpc) is 2.28. The number of halogens is 1. The predicted molar refractivity (Wildman–Crippen MR) is 59.2 cm³/mol. The molecule has 0 heterocycles. The van der Waals surface area contributed by atoms with Crippen molar-refractivity contribution in [1.29, 1.82) is 0 Å². The molecular formula is C12H15FO4. The first kappa shape index (κ1) is 13.6. The van der Waals surface area contributed by atoms with Crippen LogP contribution in [0.4, 0.5) is 4.39 Å². The summed E-state index contributed by atoms with van der Waals surface area (Å²) in [5.41, 5.74) is 0.715. The maximum absolute atomic E-state index is 13.3. The van der Waals surface area contributed by atoms with E-state index in [2.05, 4.69) is 0 Å². The summed E-state index contributed by atoms with van der Waals surface area (Å²) >= 11 is 0. The minimum atomic E-state index is -1.20. The van der Waals surface area contributed by atoms with Crippen LogP contribution < -0.4 is 0 Å². The molecule has 0 aliphatic heterocycles. The second-order valence-electron chi connectivity index (χ2n) is 3.67. The molecule has 0 bridgehead atoms. The van der Waals surface area contributed by atoms with E-state index in [0.717, 1.165) is 6.07 Å². The molecule has 0 aliphatic rings. The van der Waals surface area contributed by atoms with E-state index >= 15 is 0 Å². The first-order chi connectivity index (χ1) is 8.06. The van der Waals surface area contributed by atoms with Crippen molar-refractivity contribution >= 4 is 5.97 Å². The van der Waals surface area contributed by atoms with Crippen molar-refractivity contribution in [3.63, 3.8) is 0 Å². The zero-order valence-corrected chi connectivity index (χ0v) is 9.52. The Morgan fingerprint density at radius 3 is 2.76 bits per heavy atom. The van der Waals surface area contributed by atoms with Crippen molar-refractivity contribution in [3.05, 3.63) is 35.1 Å². The van der Waals surface area contributed by atoms with E-state index in [4.69, 9.17) is 14.9 Å². The third-order valence-electron chi connectivity index (χ3n) is 2.31. The molecule has 0 saturated heterocycles. The SMILES string of the molecule is Cc1ccc(C(OCCCO)C(=O)O)cc1F. The molecular weight excluding hydrogens is 227 g/mol. The maximum Gasteiger partial charge on any atom is 0.337 e. The fraction of sp³-hybridized carbons (Fsp3) is 0.417. The van der Waals surface area contributed by atoms with Gasteiger partial charge in [0.15, 0.2) is 6.10 Å². The molecule has 1 atom stereocenters. The van der Waals surface area contributed by atoms with E-state index in [1.54, 1.807) is 6.92 Å². The van der Waals surface area contributed by atoms with Crippen LogP contribution in [0, 0.1) is 12.7 Å². The van der Waals surface area contributed by atoms with Gasteiger partial charge in [-0.2, -0.15) is 0 Å². The maximum atomic E-state index is 13.3. The van der Waals surface area contributed by atoms with Crippen molar-refractivity contribution in [2.24, 2.45) is 0 Å². The Labute approximate surface area is 98.7 Å². The summed E-state index contributed by atoms with van der Waals surface area (Å²) in [5.74, 6) is -1.63. The quantitative estimate of drug-likeness (QED) is 0.744. The molecule has 4 nitrogen and oxygen atoms in total. The van der Waals surface area contributed by atoms with Crippen molar-refractivity contribution in [3.8, 4) is 0 Å². The first-order valence-electron chi connectivity index (χ1n) is 5.27. The summed E-state index contributed by atoms with van der Waals surface area (Å²) in [5, 5.41) is 17.6. The lowest BCUT2D eigenvalue weighted by Gasteiger charge is -2.14. The number of benzene rings is 1. The molecule has 0 spiro atoms. The molecule has 1 aromatic rings. The number of aliphatic hydroxyl groups excluding tert-OH is 1.